The van der Waals surface area contributed by atoms with Crippen LogP contribution in [0.1, 0.15) is 12.5 Å². The molecule has 11 heavy (non-hydrogen) atoms. The van der Waals surface area contributed by atoms with Gasteiger partial charge >= 0.3 is 0 Å². The third kappa shape index (κ3) is 1.64. The summed E-state index contributed by atoms with van der Waals surface area (Å²) < 4.78 is 5.17. The van der Waals surface area contributed by atoms with Gasteiger partial charge in [0, 0.05) is 0 Å². The zero-order valence-corrected chi connectivity index (χ0v) is 6.79. The van der Waals surface area contributed by atoms with E-state index in [1.807, 2.05) is 26.0 Å². The summed E-state index contributed by atoms with van der Waals surface area (Å²) in [6.45, 7) is 4.32. The second-order valence-corrected chi connectivity index (χ2v) is 2.35. The SMILES string of the molecule is CCOc1cccc(C)c1O. The molecule has 1 N–H and O–H groups in total. The number of para-hydroxylation sites is 1. The lowest BCUT2D eigenvalue weighted by molar-refractivity contribution is 0.317. The van der Waals surface area contributed by atoms with Crippen LogP contribution >= 0.6 is 0 Å². The molecule has 0 spiro atoms. The zero-order valence-electron chi connectivity index (χ0n) is 6.79. The average molecular weight is 152 g/mol. The van der Waals surface area contributed by atoms with Gasteiger partial charge in [-0.2, -0.15) is 0 Å². The van der Waals surface area contributed by atoms with Crippen molar-refractivity contribution < 1.29 is 9.84 Å². The van der Waals surface area contributed by atoms with Crippen LogP contribution in [0.15, 0.2) is 18.2 Å². The summed E-state index contributed by atoms with van der Waals surface area (Å²) in [4.78, 5) is 0. The predicted octanol–water partition coefficient (Wildman–Crippen LogP) is 2.10. The van der Waals surface area contributed by atoms with Crippen molar-refractivity contribution in [1.29, 1.82) is 0 Å². The van der Waals surface area contributed by atoms with Gasteiger partial charge < -0.3 is 9.84 Å². The number of phenolic OH excluding ortho intramolecular Hbond substituents is 1. The molecule has 1 aromatic carbocycles. The van der Waals surface area contributed by atoms with Crippen LogP contribution in [0, 0.1) is 6.92 Å². The lowest BCUT2D eigenvalue weighted by atomic mass is 10.2. The van der Waals surface area contributed by atoms with Crippen LogP contribution in [-0.4, -0.2) is 11.7 Å². The molecule has 0 fully saturated rings. The quantitative estimate of drug-likeness (QED) is 0.703. The number of ether oxygens (including phenoxy) is 1. The molecule has 0 aliphatic carbocycles. The van der Waals surface area contributed by atoms with Crippen molar-refractivity contribution in [2.45, 2.75) is 13.8 Å². The summed E-state index contributed by atoms with van der Waals surface area (Å²) >= 11 is 0. The maximum absolute atomic E-state index is 9.40. The first-order valence-corrected chi connectivity index (χ1v) is 3.67. The van der Waals surface area contributed by atoms with Crippen molar-refractivity contribution in [3.05, 3.63) is 23.8 Å². The van der Waals surface area contributed by atoms with Crippen LogP contribution < -0.4 is 4.74 Å². The predicted molar refractivity (Wildman–Crippen MR) is 44.0 cm³/mol. The Hall–Kier alpha value is -1.18. The molecular formula is C9H12O2. The molecule has 0 unspecified atom stereocenters. The van der Waals surface area contributed by atoms with Gasteiger partial charge in [-0.05, 0) is 25.5 Å². The van der Waals surface area contributed by atoms with Crippen molar-refractivity contribution in [3.63, 3.8) is 0 Å². The van der Waals surface area contributed by atoms with Crippen LogP contribution in [0.25, 0.3) is 0 Å². The molecule has 0 atom stereocenters. The van der Waals surface area contributed by atoms with E-state index in [0.29, 0.717) is 12.4 Å². The summed E-state index contributed by atoms with van der Waals surface area (Å²) in [6, 6.07) is 5.46. The van der Waals surface area contributed by atoms with E-state index in [0.717, 1.165) is 5.56 Å². The number of aromatic hydroxyl groups is 1. The molecule has 1 rings (SSSR count). The molecule has 0 radical (unpaired) electrons. The van der Waals surface area contributed by atoms with Crippen molar-refractivity contribution in [1.82, 2.24) is 0 Å². The van der Waals surface area contributed by atoms with E-state index in [-0.39, 0.29) is 5.75 Å². The summed E-state index contributed by atoms with van der Waals surface area (Å²) in [5.74, 6) is 0.807. The first-order chi connectivity index (χ1) is 5.25. The molecule has 60 valence electrons. The fraction of sp³-hybridized carbons (Fsp3) is 0.333. The molecule has 0 saturated carbocycles. The second-order valence-electron chi connectivity index (χ2n) is 2.35. The van der Waals surface area contributed by atoms with Crippen molar-refractivity contribution in [2.24, 2.45) is 0 Å². The third-order valence-electron chi connectivity index (χ3n) is 1.50. The lowest BCUT2D eigenvalue weighted by Gasteiger charge is -2.06. The van der Waals surface area contributed by atoms with E-state index in [9.17, 15) is 5.11 Å². The molecule has 0 amide bonds. The molecule has 0 aliphatic rings. The fourth-order valence-electron chi connectivity index (χ4n) is 0.904. The van der Waals surface area contributed by atoms with Gasteiger partial charge in [-0.3, -0.25) is 0 Å². The average Bonchev–Trinajstić information content (AvgIpc) is 1.99. The Labute approximate surface area is 66.4 Å². The maximum Gasteiger partial charge on any atom is 0.161 e. The molecule has 0 saturated heterocycles. The Morgan fingerprint density at radius 2 is 2.18 bits per heavy atom. The molecule has 0 heterocycles. The second kappa shape index (κ2) is 3.28. The van der Waals surface area contributed by atoms with Crippen molar-refractivity contribution in [2.75, 3.05) is 6.61 Å². The van der Waals surface area contributed by atoms with Crippen LogP contribution in [0.5, 0.6) is 11.5 Å². The highest BCUT2D eigenvalue weighted by Crippen LogP contribution is 2.28. The molecule has 0 aliphatic heterocycles. The largest absolute Gasteiger partial charge is 0.504 e. The minimum Gasteiger partial charge on any atom is -0.504 e. The molecule has 0 bridgehead atoms. The monoisotopic (exact) mass is 152 g/mol. The Kier molecular flexibility index (Phi) is 2.36. The highest BCUT2D eigenvalue weighted by molar-refractivity contribution is 5.44. The first kappa shape index (κ1) is 7.92. The number of rotatable bonds is 2. The van der Waals surface area contributed by atoms with Gasteiger partial charge in [-0.25, -0.2) is 0 Å². The van der Waals surface area contributed by atoms with Crippen LogP contribution in [0.4, 0.5) is 0 Å². The van der Waals surface area contributed by atoms with Gasteiger partial charge in [0.2, 0.25) is 0 Å². The van der Waals surface area contributed by atoms with E-state index in [1.165, 1.54) is 0 Å². The van der Waals surface area contributed by atoms with Crippen LogP contribution in [-0.2, 0) is 0 Å². The highest BCUT2D eigenvalue weighted by Gasteiger charge is 2.01. The number of benzene rings is 1. The van der Waals surface area contributed by atoms with Crippen molar-refractivity contribution >= 4 is 0 Å². The van der Waals surface area contributed by atoms with Gasteiger partial charge in [0.15, 0.2) is 11.5 Å². The summed E-state index contributed by atoms with van der Waals surface area (Å²) in [5, 5.41) is 9.40. The first-order valence-electron chi connectivity index (χ1n) is 3.67. The van der Waals surface area contributed by atoms with Gasteiger partial charge in [-0.15, -0.1) is 0 Å². The third-order valence-corrected chi connectivity index (χ3v) is 1.50. The number of hydrogen-bond acceptors (Lipinski definition) is 2. The Morgan fingerprint density at radius 3 is 2.82 bits per heavy atom. The fourth-order valence-corrected chi connectivity index (χ4v) is 0.904. The van der Waals surface area contributed by atoms with Crippen LogP contribution in [0.2, 0.25) is 0 Å². The molecule has 2 heteroatoms. The summed E-state index contributed by atoms with van der Waals surface area (Å²) in [6.07, 6.45) is 0. The van der Waals surface area contributed by atoms with E-state index >= 15 is 0 Å². The smallest absolute Gasteiger partial charge is 0.161 e. The maximum atomic E-state index is 9.40. The van der Waals surface area contributed by atoms with E-state index in [2.05, 4.69) is 0 Å². The number of hydrogen-bond donors (Lipinski definition) is 1. The van der Waals surface area contributed by atoms with E-state index in [4.69, 9.17) is 4.74 Å². The number of phenols is 1. The minimum atomic E-state index is 0.245. The number of aryl methyl sites for hydroxylation is 1. The van der Waals surface area contributed by atoms with Gasteiger partial charge in [0.05, 0.1) is 6.61 Å². The molecule has 1 aromatic rings. The zero-order chi connectivity index (χ0) is 8.27. The highest BCUT2D eigenvalue weighted by atomic mass is 16.5. The summed E-state index contributed by atoms with van der Waals surface area (Å²) in [7, 11) is 0. The Balaban J connectivity index is 2.96. The van der Waals surface area contributed by atoms with E-state index < -0.39 is 0 Å². The minimum absolute atomic E-state index is 0.245. The molecule has 0 aromatic heterocycles. The van der Waals surface area contributed by atoms with Crippen molar-refractivity contribution in [3.8, 4) is 11.5 Å². The van der Waals surface area contributed by atoms with Gasteiger partial charge in [0.1, 0.15) is 0 Å². The Bertz CT molecular complexity index is 243. The molecular weight excluding hydrogens is 140 g/mol. The standard InChI is InChI=1S/C9H12O2/c1-3-11-8-6-4-5-7(2)9(8)10/h4-6,10H,3H2,1-2H3. The summed E-state index contributed by atoms with van der Waals surface area (Å²) in [5.41, 5.74) is 0.843. The normalized spacial score (nSPS) is 9.64. The van der Waals surface area contributed by atoms with E-state index in [1.54, 1.807) is 6.07 Å². The topological polar surface area (TPSA) is 29.5 Å². The lowest BCUT2D eigenvalue weighted by Crippen LogP contribution is -1.91. The Morgan fingerprint density at radius 1 is 1.45 bits per heavy atom. The van der Waals surface area contributed by atoms with Gasteiger partial charge in [0.25, 0.3) is 0 Å². The van der Waals surface area contributed by atoms with Crippen LogP contribution in [0.3, 0.4) is 0 Å². The van der Waals surface area contributed by atoms with Gasteiger partial charge in [-0.1, -0.05) is 12.1 Å². The molecule has 2 nitrogen and oxygen atoms in total.